The van der Waals surface area contributed by atoms with E-state index in [9.17, 15) is 8.78 Å². The summed E-state index contributed by atoms with van der Waals surface area (Å²) in [6.07, 6.45) is 8.27. The molecule has 0 unspecified atom stereocenters. The van der Waals surface area contributed by atoms with E-state index in [1.165, 1.54) is 44.2 Å². The molecule has 0 radical (unpaired) electrons. The van der Waals surface area contributed by atoms with Crippen molar-refractivity contribution in [3.63, 3.8) is 0 Å². The van der Waals surface area contributed by atoms with E-state index in [2.05, 4.69) is 12.0 Å². The smallest absolute Gasteiger partial charge is 0.212 e. The molecule has 5 heteroatoms. The molecule has 3 nitrogen and oxygen atoms in total. The fraction of sp³-hybridized carbons (Fsp3) is 0.550. The molecule has 1 aliphatic carbocycles. The van der Waals surface area contributed by atoms with Gasteiger partial charge in [-0.2, -0.15) is 5.10 Å². The third kappa shape index (κ3) is 4.80. The van der Waals surface area contributed by atoms with Crippen molar-refractivity contribution in [2.45, 2.75) is 65.0 Å². The van der Waals surface area contributed by atoms with Gasteiger partial charge < -0.3 is 4.74 Å². The van der Waals surface area contributed by atoms with Gasteiger partial charge in [0.05, 0.1) is 5.69 Å². The van der Waals surface area contributed by atoms with Gasteiger partial charge in [-0.3, -0.25) is 0 Å². The zero-order valence-electron chi connectivity index (χ0n) is 14.8. The number of aryl methyl sites for hydroxylation is 1. The maximum Gasteiger partial charge on any atom is 0.212 e. The number of ether oxygens (including phenoxy) is 1. The first-order valence-corrected chi connectivity index (χ1v) is 9.29. The molecule has 0 spiro atoms. The second kappa shape index (κ2) is 8.45. The van der Waals surface area contributed by atoms with Crippen molar-refractivity contribution < 1.29 is 13.5 Å². The Morgan fingerprint density at radius 2 is 1.96 bits per heavy atom. The summed E-state index contributed by atoms with van der Waals surface area (Å²) in [5, 5.41) is 4.68. The van der Waals surface area contributed by atoms with E-state index in [1.54, 1.807) is 0 Å². The van der Waals surface area contributed by atoms with Gasteiger partial charge in [-0.15, -0.1) is 0 Å². The molecule has 25 heavy (non-hydrogen) atoms. The highest BCUT2D eigenvalue weighted by Gasteiger charge is 2.18. The molecule has 1 heterocycles. The van der Waals surface area contributed by atoms with Crippen molar-refractivity contribution in [2.75, 3.05) is 0 Å². The quantitative estimate of drug-likeness (QED) is 0.681. The topological polar surface area (TPSA) is 27.1 Å². The SMILES string of the molecule is CCCc1cc(OCc2ccc(F)cc2F)n(CC2CCCCC2)n1. The summed E-state index contributed by atoms with van der Waals surface area (Å²) in [7, 11) is 0. The fourth-order valence-corrected chi connectivity index (χ4v) is 3.48. The summed E-state index contributed by atoms with van der Waals surface area (Å²) in [5.74, 6) is 0.159. The Bertz CT molecular complexity index is 693. The first kappa shape index (κ1) is 17.9. The number of rotatable bonds is 7. The third-order valence-electron chi connectivity index (χ3n) is 4.85. The molecule has 2 aromatic rings. The van der Waals surface area contributed by atoms with Crippen LogP contribution in [0.4, 0.5) is 8.78 Å². The number of hydrogen-bond donors (Lipinski definition) is 0. The van der Waals surface area contributed by atoms with Crippen LogP contribution >= 0.6 is 0 Å². The van der Waals surface area contributed by atoms with Crippen LogP contribution < -0.4 is 4.74 Å². The van der Waals surface area contributed by atoms with E-state index < -0.39 is 11.6 Å². The number of hydrogen-bond acceptors (Lipinski definition) is 2. The summed E-state index contributed by atoms with van der Waals surface area (Å²) >= 11 is 0. The molecule has 1 aromatic carbocycles. The van der Waals surface area contributed by atoms with Crippen molar-refractivity contribution in [3.8, 4) is 5.88 Å². The number of benzene rings is 1. The number of halogens is 2. The Labute approximate surface area is 148 Å². The second-order valence-corrected chi connectivity index (χ2v) is 6.93. The van der Waals surface area contributed by atoms with Crippen molar-refractivity contribution in [2.24, 2.45) is 5.92 Å². The highest BCUT2D eigenvalue weighted by molar-refractivity contribution is 5.20. The van der Waals surface area contributed by atoms with Gasteiger partial charge in [0.2, 0.25) is 5.88 Å². The molecule has 0 saturated heterocycles. The molecular formula is C20H26F2N2O. The van der Waals surface area contributed by atoms with Gasteiger partial charge in [0.25, 0.3) is 0 Å². The zero-order chi connectivity index (χ0) is 17.6. The van der Waals surface area contributed by atoms with Gasteiger partial charge in [0.1, 0.15) is 18.2 Å². The molecule has 136 valence electrons. The number of nitrogens with zero attached hydrogens (tertiary/aromatic N) is 2. The zero-order valence-corrected chi connectivity index (χ0v) is 14.8. The lowest BCUT2D eigenvalue weighted by Crippen LogP contribution is -2.16. The van der Waals surface area contributed by atoms with Crippen molar-refractivity contribution in [1.29, 1.82) is 0 Å². The first-order valence-electron chi connectivity index (χ1n) is 9.29. The summed E-state index contributed by atoms with van der Waals surface area (Å²) in [6.45, 7) is 3.05. The van der Waals surface area contributed by atoms with Gasteiger partial charge in [-0.05, 0) is 37.3 Å². The second-order valence-electron chi connectivity index (χ2n) is 6.93. The number of aromatic nitrogens is 2. The predicted octanol–water partition coefficient (Wildman–Crippen LogP) is 5.27. The summed E-state index contributed by atoms with van der Waals surface area (Å²) < 4.78 is 34.6. The predicted molar refractivity (Wildman–Crippen MR) is 93.5 cm³/mol. The summed E-state index contributed by atoms with van der Waals surface area (Å²) in [5.41, 5.74) is 1.36. The van der Waals surface area contributed by atoms with Gasteiger partial charge >= 0.3 is 0 Å². The minimum Gasteiger partial charge on any atom is -0.473 e. The van der Waals surface area contributed by atoms with Gasteiger partial charge in [0.15, 0.2) is 0 Å². The van der Waals surface area contributed by atoms with Gasteiger partial charge in [0, 0.05) is 24.2 Å². The minimum atomic E-state index is -0.577. The lowest BCUT2D eigenvalue weighted by molar-refractivity contribution is 0.242. The maximum atomic E-state index is 13.8. The molecule has 1 saturated carbocycles. The molecule has 0 bridgehead atoms. The van der Waals surface area contributed by atoms with Gasteiger partial charge in [-0.1, -0.05) is 32.6 Å². The molecule has 1 aromatic heterocycles. The Kier molecular flexibility index (Phi) is 6.05. The molecule has 3 rings (SSSR count). The molecule has 0 atom stereocenters. The fourth-order valence-electron chi connectivity index (χ4n) is 3.48. The van der Waals surface area contributed by atoms with Crippen LogP contribution in [-0.4, -0.2) is 9.78 Å². The highest BCUT2D eigenvalue weighted by Crippen LogP contribution is 2.27. The van der Waals surface area contributed by atoms with Crippen LogP contribution in [-0.2, 0) is 19.6 Å². The largest absolute Gasteiger partial charge is 0.473 e. The lowest BCUT2D eigenvalue weighted by Gasteiger charge is -2.22. The molecule has 1 aliphatic rings. The van der Waals surface area contributed by atoms with Crippen LogP contribution in [0.15, 0.2) is 24.3 Å². The normalized spacial score (nSPS) is 15.5. The molecule has 1 fully saturated rings. The van der Waals surface area contributed by atoms with E-state index in [1.807, 2.05) is 10.7 Å². The third-order valence-corrected chi connectivity index (χ3v) is 4.85. The molecule has 0 aliphatic heterocycles. The van der Waals surface area contributed by atoms with E-state index >= 15 is 0 Å². The van der Waals surface area contributed by atoms with Crippen LogP contribution in [0, 0.1) is 17.6 Å². The Morgan fingerprint density at radius 3 is 2.68 bits per heavy atom. The van der Waals surface area contributed by atoms with Crippen LogP contribution in [0.2, 0.25) is 0 Å². The maximum absolute atomic E-state index is 13.8. The highest BCUT2D eigenvalue weighted by atomic mass is 19.1. The van der Waals surface area contributed by atoms with Crippen molar-refractivity contribution in [3.05, 3.63) is 47.2 Å². The van der Waals surface area contributed by atoms with E-state index in [0.29, 0.717) is 17.4 Å². The first-order chi connectivity index (χ1) is 12.2. The van der Waals surface area contributed by atoms with E-state index in [0.717, 1.165) is 31.1 Å². The monoisotopic (exact) mass is 348 g/mol. The Hall–Kier alpha value is -1.91. The van der Waals surface area contributed by atoms with Crippen LogP contribution in [0.1, 0.15) is 56.7 Å². The standard InChI is InChI=1S/C20H26F2N2O/c1-2-6-18-12-20(24(23-18)13-15-7-4-3-5-8-15)25-14-16-9-10-17(21)11-19(16)22/h9-12,15H,2-8,13-14H2,1H3. The van der Waals surface area contributed by atoms with Crippen LogP contribution in [0.25, 0.3) is 0 Å². The lowest BCUT2D eigenvalue weighted by atomic mass is 9.89. The minimum absolute atomic E-state index is 0.0774. The average molecular weight is 348 g/mol. The van der Waals surface area contributed by atoms with Crippen molar-refractivity contribution in [1.82, 2.24) is 9.78 Å². The van der Waals surface area contributed by atoms with E-state index in [4.69, 9.17) is 4.74 Å². The van der Waals surface area contributed by atoms with Gasteiger partial charge in [-0.25, -0.2) is 13.5 Å². The van der Waals surface area contributed by atoms with E-state index in [-0.39, 0.29) is 6.61 Å². The average Bonchev–Trinajstić information content (AvgIpc) is 2.97. The Balaban J connectivity index is 1.71. The summed E-state index contributed by atoms with van der Waals surface area (Å²) in [4.78, 5) is 0. The Morgan fingerprint density at radius 1 is 1.16 bits per heavy atom. The summed E-state index contributed by atoms with van der Waals surface area (Å²) in [6, 6.07) is 5.53. The van der Waals surface area contributed by atoms with Crippen molar-refractivity contribution >= 4 is 0 Å². The van der Waals surface area contributed by atoms with Crippen LogP contribution in [0.5, 0.6) is 5.88 Å². The van der Waals surface area contributed by atoms with Crippen LogP contribution in [0.3, 0.4) is 0 Å². The molecule has 0 amide bonds. The molecular weight excluding hydrogens is 322 g/mol. The molecule has 0 N–H and O–H groups in total.